The van der Waals surface area contributed by atoms with Gasteiger partial charge in [-0.2, -0.15) is 0 Å². The van der Waals surface area contributed by atoms with Crippen LogP contribution in [0.15, 0.2) is 54.2 Å². The second-order valence-electron chi connectivity index (χ2n) is 11.5. The number of rotatable bonds is 7. The monoisotopic (exact) mass is 540 g/mol. The number of hydrogen-bond donors (Lipinski definition) is 0. The van der Waals surface area contributed by atoms with Gasteiger partial charge >= 0.3 is 0 Å². The Balaban J connectivity index is 1.39. The topological polar surface area (TPSA) is 57.1 Å². The van der Waals surface area contributed by atoms with Gasteiger partial charge in [0.2, 0.25) is 0 Å². The molecule has 6 rings (SSSR count). The Morgan fingerprint density at radius 3 is 2.40 bits per heavy atom. The average Bonchev–Trinajstić information content (AvgIpc) is 3.30. The largest absolute Gasteiger partial charge is 0.441 e. The maximum atomic E-state index is 13.4. The molecule has 5 heterocycles. The third-order valence-electron chi connectivity index (χ3n) is 8.75. The van der Waals surface area contributed by atoms with Gasteiger partial charge in [0.05, 0.1) is 23.4 Å². The number of likely N-dealkylation sites (N-methyl/N-ethyl adjacent to an activating group) is 2. The Morgan fingerprint density at radius 1 is 1.00 bits per heavy atom. The highest BCUT2D eigenvalue weighted by atomic mass is 16.5. The summed E-state index contributed by atoms with van der Waals surface area (Å²) in [5.41, 5.74) is 6.80. The van der Waals surface area contributed by atoms with Crippen LogP contribution in [-0.2, 0) is 19.5 Å². The molecule has 2 aromatic heterocycles. The van der Waals surface area contributed by atoms with Crippen molar-refractivity contribution in [1.29, 1.82) is 0 Å². The van der Waals surface area contributed by atoms with E-state index in [0.717, 1.165) is 109 Å². The van der Waals surface area contributed by atoms with E-state index in [0.29, 0.717) is 18.8 Å². The number of hydrogen-bond acceptors (Lipinski definition) is 7. The van der Waals surface area contributed by atoms with Gasteiger partial charge in [-0.05, 0) is 63.8 Å². The van der Waals surface area contributed by atoms with Gasteiger partial charge in [0.1, 0.15) is 5.75 Å². The zero-order chi connectivity index (χ0) is 28.0. The average molecular weight is 541 g/mol. The minimum absolute atomic E-state index is 0.0575. The van der Waals surface area contributed by atoms with Gasteiger partial charge < -0.3 is 24.0 Å². The van der Waals surface area contributed by atoms with E-state index in [4.69, 9.17) is 9.72 Å². The SMILES string of the molecule is C=CCc1c(C)cc2n(c1=O)Cc1cc3c(CN4CCN(C)CC4)c(OC(=C)N4CCN(C)CC4)ccc3nc1-2. The van der Waals surface area contributed by atoms with Crippen LogP contribution < -0.4 is 10.3 Å². The third-order valence-corrected chi connectivity index (χ3v) is 8.75. The third kappa shape index (κ3) is 4.96. The lowest BCUT2D eigenvalue weighted by atomic mass is 10.0. The number of benzene rings is 1. The summed E-state index contributed by atoms with van der Waals surface area (Å²) >= 11 is 0. The molecule has 0 bridgehead atoms. The molecule has 0 N–H and O–H groups in total. The molecular formula is C32H40N6O2. The van der Waals surface area contributed by atoms with E-state index >= 15 is 0 Å². The molecule has 0 radical (unpaired) electrons. The quantitative estimate of drug-likeness (QED) is 0.263. The number of ether oxygens (including phenoxy) is 1. The summed E-state index contributed by atoms with van der Waals surface area (Å²) in [6.07, 6.45) is 2.37. The Kier molecular flexibility index (Phi) is 7.25. The highest BCUT2D eigenvalue weighted by Gasteiger charge is 2.26. The second-order valence-corrected chi connectivity index (χ2v) is 11.5. The van der Waals surface area contributed by atoms with Crippen LogP contribution in [0, 0.1) is 6.92 Å². The van der Waals surface area contributed by atoms with Crippen LogP contribution in [-0.4, -0.2) is 95.6 Å². The van der Waals surface area contributed by atoms with E-state index in [1.807, 2.05) is 11.5 Å². The molecule has 0 saturated carbocycles. The molecule has 3 aromatic rings. The molecule has 3 aliphatic rings. The summed E-state index contributed by atoms with van der Waals surface area (Å²) in [4.78, 5) is 27.9. The summed E-state index contributed by atoms with van der Waals surface area (Å²) in [6.45, 7) is 19.4. The Morgan fingerprint density at radius 2 is 1.70 bits per heavy atom. The Hall–Kier alpha value is -3.46. The van der Waals surface area contributed by atoms with Gasteiger partial charge in [-0.15, -0.1) is 6.58 Å². The van der Waals surface area contributed by atoms with Crippen LogP contribution in [0.5, 0.6) is 5.75 Å². The van der Waals surface area contributed by atoms with Crippen molar-refractivity contribution in [2.75, 3.05) is 66.5 Å². The van der Waals surface area contributed by atoms with Gasteiger partial charge in [0.25, 0.3) is 5.56 Å². The fraction of sp³-hybridized carbons (Fsp3) is 0.438. The normalized spacial score (nSPS) is 18.1. The van der Waals surface area contributed by atoms with Crippen molar-refractivity contribution in [3.63, 3.8) is 0 Å². The molecule has 40 heavy (non-hydrogen) atoms. The van der Waals surface area contributed by atoms with E-state index < -0.39 is 0 Å². The number of fused-ring (bicyclic) bond motifs is 4. The van der Waals surface area contributed by atoms with Crippen molar-refractivity contribution in [1.82, 2.24) is 29.2 Å². The summed E-state index contributed by atoms with van der Waals surface area (Å²) in [5.74, 6) is 1.54. The standard InChI is InChI=1S/C32H40N6O2/c1-6-7-25-22(2)18-29-31-24(20-38(29)32(25)39)19-26-27(21-36-14-10-34(4)11-15-36)30(9-8-28(26)33-31)40-23(3)37-16-12-35(5)13-17-37/h6,8-9,18-19H,1,3,7,10-17,20-21H2,2,4-5H3. The number of pyridine rings is 2. The van der Waals surface area contributed by atoms with Crippen LogP contribution in [0.25, 0.3) is 22.3 Å². The first-order chi connectivity index (χ1) is 19.3. The maximum Gasteiger partial charge on any atom is 0.255 e. The van der Waals surface area contributed by atoms with E-state index in [2.05, 4.69) is 71.1 Å². The molecule has 2 fully saturated rings. The number of aryl methyl sites for hydroxylation is 1. The van der Waals surface area contributed by atoms with Crippen molar-refractivity contribution in [2.45, 2.75) is 26.4 Å². The summed E-state index contributed by atoms with van der Waals surface area (Å²) < 4.78 is 8.40. The number of nitrogens with zero attached hydrogens (tertiary/aromatic N) is 6. The van der Waals surface area contributed by atoms with Crippen LogP contribution in [0.4, 0.5) is 0 Å². The van der Waals surface area contributed by atoms with E-state index in [1.54, 1.807) is 6.08 Å². The highest BCUT2D eigenvalue weighted by molar-refractivity contribution is 5.88. The molecule has 3 aliphatic heterocycles. The fourth-order valence-corrected chi connectivity index (χ4v) is 6.13. The first-order valence-corrected chi connectivity index (χ1v) is 14.3. The molecule has 0 spiro atoms. The molecule has 1 aromatic carbocycles. The minimum Gasteiger partial charge on any atom is -0.441 e. The fourth-order valence-electron chi connectivity index (χ4n) is 6.13. The van der Waals surface area contributed by atoms with E-state index in [1.165, 1.54) is 0 Å². The van der Waals surface area contributed by atoms with Gasteiger partial charge in [-0.1, -0.05) is 6.08 Å². The maximum absolute atomic E-state index is 13.4. The summed E-state index contributed by atoms with van der Waals surface area (Å²) in [7, 11) is 4.33. The Labute approximate surface area is 236 Å². The van der Waals surface area contributed by atoms with E-state index in [9.17, 15) is 4.79 Å². The minimum atomic E-state index is 0.0575. The first kappa shape index (κ1) is 26.7. The predicted octanol–water partition coefficient (Wildman–Crippen LogP) is 3.31. The van der Waals surface area contributed by atoms with Gasteiger partial charge in [-0.25, -0.2) is 4.98 Å². The van der Waals surface area contributed by atoms with E-state index in [-0.39, 0.29) is 5.56 Å². The lowest BCUT2D eigenvalue weighted by Crippen LogP contribution is -2.44. The molecule has 2 saturated heterocycles. The smallest absolute Gasteiger partial charge is 0.255 e. The van der Waals surface area contributed by atoms with Crippen LogP contribution >= 0.6 is 0 Å². The number of aromatic nitrogens is 2. The molecular weight excluding hydrogens is 500 g/mol. The van der Waals surface area contributed by atoms with Crippen LogP contribution in [0.3, 0.4) is 0 Å². The molecule has 0 aliphatic carbocycles. The first-order valence-electron chi connectivity index (χ1n) is 14.3. The number of allylic oxidation sites excluding steroid dienone is 1. The van der Waals surface area contributed by atoms with Crippen molar-refractivity contribution in [3.05, 3.63) is 82.0 Å². The van der Waals surface area contributed by atoms with Crippen molar-refractivity contribution in [2.24, 2.45) is 0 Å². The molecule has 0 amide bonds. The van der Waals surface area contributed by atoms with Crippen molar-refractivity contribution < 1.29 is 4.74 Å². The lowest BCUT2D eigenvalue weighted by Gasteiger charge is -2.35. The molecule has 8 nitrogen and oxygen atoms in total. The second kappa shape index (κ2) is 10.8. The number of piperazine rings is 2. The predicted molar refractivity (Wildman–Crippen MR) is 161 cm³/mol. The molecule has 0 unspecified atom stereocenters. The highest BCUT2D eigenvalue weighted by Crippen LogP contribution is 2.37. The van der Waals surface area contributed by atoms with Gasteiger partial charge in [-0.3, -0.25) is 9.69 Å². The van der Waals surface area contributed by atoms with Crippen molar-refractivity contribution in [3.8, 4) is 17.1 Å². The molecule has 8 heteroatoms. The summed E-state index contributed by atoms with van der Waals surface area (Å²) in [6, 6.07) is 8.45. The van der Waals surface area contributed by atoms with Crippen LogP contribution in [0.1, 0.15) is 22.3 Å². The van der Waals surface area contributed by atoms with Gasteiger partial charge in [0.15, 0.2) is 5.88 Å². The zero-order valence-corrected chi connectivity index (χ0v) is 24.1. The van der Waals surface area contributed by atoms with Crippen LogP contribution in [0.2, 0.25) is 0 Å². The Bertz CT molecular complexity index is 1530. The molecule has 210 valence electrons. The summed E-state index contributed by atoms with van der Waals surface area (Å²) in [5, 5.41) is 1.09. The van der Waals surface area contributed by atoms with Gasteiger partial charge in [0, 0.05) is 81.0 Å². The molecule has 0 atom stereocenters. The zero-order valence-electron chi connectivity index (χ0n) is 24.1. The van der Waals surface area contributed by atoms with Crippen molar-refractivity contribution >= 4 is 10.9 Å². The lowest BCUT2D eigenvalue weighted by molar-refractivity contribution is 0.133.